The number of fused-ring (bicyclic) bond motifs is 1. The van der Waals surface area contributed by atoms with Gasteiger partial charge in [0.25, 0.3) is 10.0 Å². The molecule has 0 radical (unpaired) electrons. The van der Waals surface area contributed by atoms with Gasteiger partial charge in [-0.2, -0.15) is 13.5 Å². The Morgan fingerprint density at radius 3 is 2.57 bits per heavy atom. The molecule has 1 N–H and O–H groups in total. The Morgan fingerprint density at radius 2 is 1.90 bits per heavy atom. The second-order valence-corrected chi connectivity index (χ2v) is 8.08. The van der Waals surface area contributed by atoms with Crippen LogP contribution in [0, 0.1) is 24.2 Å². The third kappa shape index (κ3) is 2.29. The lowest BCUT2D eigenvalue weighted by Gasteiger charge is -2.48. The second kappa shape index (κ2) is 4.70. The van der Waals surface area contributed by atoms with E-state index in [0.29, 0.717) is 11.8 Å². The molecule has 21 heavy (non-hydrogen) atoms. The van der Waals surface area contributed by atoms with Crippen molar-refractivity contribution in [2.75, 3.05) is 0 Å². The van der Waals surface area contributed by atoms with Crippen molar-refractivity contribution < 1.29 is 8.42 Å². The fourth-order valence-corrected chi connectivity index (χ4v) is 4.15. The number of hydrazone groups is 1. The third-order valence-electron chi connectivity index (χ3n) is 4.63. The van der Waals surface area contributed by atoms with Crippen LogP contribution in [0.2, 0.25) is 0 Å². The Bertz CT molecular complexity index is 715. The summed E-state index contributed by atoms with van der Waals surface area (Å²) in [5, 5.41) is 4.23. The van der Waals surface area contributed by atoms with E-state index >= 15 is 0 Å². The summed E-state index contributed by atoms with van der Waals surface area (Å²) >= 11 is 0. The van der Waals surface area contributed by atoms with Gasteiger partial charge in [0, 0.05) is 17.0 Å². The molecule has 5 heteroatoms. The van der Waals surface area contributed by atoms with Crippen LogP contribution in [0.3, 0.4) is 0 Å². The molecule has 0 amide bonds. The summed E-state index contributed by atoms with van der Waals surface area (Å²) in [6.45, 7) is 6.15. The predicted octanol–water partition coefficient (Wildman–Crippen LogP) is 2.86. The van der Waals surface area contributed by atoms with E-state index in [1.807, 2.05) is 6.92 Å². The van der Waals surface area contributed by atoms with Gasteiger partial charge in [0.2, 0.25) is 0 Å². The van der Waals surface area contributed by atoms with Crippen LogP contribution in [-0.4, -0.2) is 14.1 Å². The van der Waals surface area contributed by atoms with Crippen LogP contribution in [0.1, 0.15) is 25.8 Å². The van der Waals surface area contributed by atoms with E-state index in [9.17, 15) is 8.42 Å². The monoisotopic (exact) mass is 304 g/mol. The van der Waals surface area contributed by atoms with E-state index in [-0.39, 0.29) is 10.3 Å². The average molecular weight is 304 g/mol. The van der Waals surface area contributed by atoms with Gasteiger partial charge >= 0.3 is 0 Å². The van der Waals surface area contributed by atoms with Gasteiger partial charge in [-0.3, -0.25) is 0 Å². The lowest BCUT2D eigenvalue weighted by molar-refractivity contribution is 0.234. The van der Waals surface area contributed by atoms with Crippen LogP contribution in [-0.2, 0) is 10.0 Å². The minimum absolute atomic E-state index is 0.0620. The van der Waals surface area contributed by atoms with Crippen LogP contribution in [0.25, 0.3) is 0 Å². The molecule has 1 aromatic carbocycles. The van der Waals surface area contributed by atoms with Gasteiger partial charge in [0.1, 0.15) is 0 Å². The first-order valence-corrected chi connectivity index (χ1v) is 8.64. The van der Waals surface area contributed by atoms with Gasteiger partial charge in [0.15, 0.2) is 0 Å². The summed E-state index contributed by atoms with van der Waals surface area (Å²) in [6.07, 6.45) is 5.34. The Labute approximate surface area is 126 Å². The largest absolute Gasteiger partial charge is 0.276 e. The van der Waals surface area contributed by atoms with Crippen molar-refractivity contribution in [2.45, 2.75) is 32.1 Å². The minimum atomic E-state index is -3.59. The molecule has 3 rings (SSSR count). The fourth-order valence-electron chi connectivity index (χ4n) is 3.34. The number of rotatable bonds is 3. The van der Waals surface area contributed by atoms with Crippen LogP contribution in [0.5, 0.6) is 0 Å². The quantitative estimate of drug-likeness (QED) is 0.689. The zero-order valence-electron chi connectivity index (χ0n) is 12.5. The molecule has 2 aliphatic rings. The summed E-state index contributed by atoms with van der Waals surface area (Å²) in [4.78, 5) is 2.64. The predicted molar refractivity (Wildman–Crippen MR) is 83.5 cm³/mol. The zero-order chi connectivity index (χ0) is 15.3. The summed E-state index contributed by atoms with van der Waals surface area (Å²) in [5.74, 6) is 0.848. The first-order chi connectivity index (χ1) is 9.82. The van der Waals surface area contributed by atoms with Crippen molar-refractivity contribution in [2.24, 2.45) is 22.4 Å². The van der Waals surface area contributed by atoms with Crippen molar-refractivity contribution in [1.82, 2.24) is 4.83 Å². The minimum Gasteiger partial charge on any atom is -0.200 e. The van der Waals surface area contributed by atoms with Crippen molar-refractivity contribution in [3.63, 3.8) is 0 Å². The Hall–Kier alpha value is -1.62. The molecule has 0 heterocycles. The van der Waals surface area contributed by atoms with Crippen molar-refractivity contribution in [3.05, 3.63) is 42.0 Å². The molecule has 0 aliphatic heterocycles. The number of sulfonamides is 1. The Kier molecular flexibility index (Phi) is 3.20. The fraction of sp³-hybridized carbons (Fsp3) is 0.438. The molecule has 4 nitrogen and oxygen atoms in total. The van der Waals surface area contributed by atoms with Crippen molar-refractivity contribution in [1.29, 1.82) is 0 Å². The maximum absolute atomic E-state index is 12.3. The highest BCUT2D eigenvalue weighted by Crippen LogP contribution is 2.53. The highest BCUT2D eigenvalue weighted by atomic mass is 32.2. The number of aryl methyl sites for hydroxylation is 1. The SMILES string of the molecule is Cc1ccc(S(=O)(=O)N/N=C2\[C@@H]3CC=C[C@@H]3C2(C)C)cc1. The molecule has 0 spiro atoms. The van der Waals surface area contributed by atoms with Crippen molar-refractivity contribution in [3.8, 4) is 0 Å². The van der Waals surface area contributed by atoms with Crippen molar-refractivity contribution >= 4 is 15.7 Å². The van der Waals surface area contributed by atoms with Crippen LogP contribution in [0.4, 0.5) is 0 Å². The van der Waals surface area contributed by atoms with Gasteiger partial charge in [-0.15, -0.1) is 0 Å². The smallest absolute Gasteiger partial charge is 0.200 e. The van der Waals surface area contributed by atoms with Gasteiger partial charge < -0.3 is 0 Å². The van der Waals surface area contributed by atoms with Crippen LogP contribution >= 0.6 is 0 Å². The molecule has 1 saturated carbocycles. The molecule has 1 fully saturated rings. The summed E-state index contributed by atoms with van der Waals surface area (Å²) in [7, 11) is -3.59. The number of benzene rings is 1. The van der Waals surface area contributed by atoms with Gasteiger partial charge in [0.05, 0.1) is 4.90 Å². The molecular formula is C16H20N2O2S. The standard InChI is InChI=1S/C16H20N2O2S/c1-11-7-9-12(10-8-11)21(19,20)18-17-15-13-5-4-6-14(13)16(15,2)3/h4,6-10,13-14,18H,5H2,1-3H3/b17-15+/t13-,14+/m1/s1. The first kappa shape index (κ1) is 14.3. The highest BCUT2D eigenvalue weighted by molar-refractivity contribution is 7.89. The number of allylic oxidation sites excluding steroid dienone is 2. The molecule has 0 bridgehead atoms. The molecule has 0 unspecified atom stereocenters. The van der Waals surface area contributed by atoms with E-state index < -0.39 is 10.0 Å². The van der Waals surface area contributed by atoms with E-state index in [1.54, 1.807) is 24.3 Å². The van der Waals surface area contributed by atoms with Gasteiger partial charge in [-0.05, 0) is 31.4 Å². The Morgan fingerprint density at radius 1 is 1.24 bits per heavy atom. The number of hydrogen-bond donors (Lipinski definition) is 1. The highest BCUT2D eigenvalue weighted by Gasteiger charge is 2.53. The molecule has 1 aromatic rings. The molecular weight excluding hydrogens is 284 g/mol. The Balaban J connectivity index is 1.81. The zero-order valence-corrected chi connectivity index (χ0v) is 13.3. The number of nitrogens with one attached hydrogen (secondary N) is 1. The lowest BCUT2D eigenvalue weighted by Crippen LogP contribution is -2.52. The maximum Gasteiger partial charge on any atom is 0.276 e. The molecule has 0 aromatic heterocycles. The summed E-state index contributed by atoms with van der Waals surface area (Å²) < 4.78 is 24.5. The number of hydrogen-bond acceptors (Lipinski definition) is 3. The molecule has 2 atom stereocenters. The first-order valence-electron chi connectivity index (χ1n) is 7.15. The normalized spacial score (nSPS) is 28.2. The lowest BCUT2D eigenvalue weighted by atomic mass is 9.55. The third-order valence-corrected chi connectivity index (χ3v) is 5.85. The number of nitrogens with zero attached hydrogens (tertiary/aromatic N) is 1. The summed E-state index contributed by atoms with van der Waals surface area (Å²) in [6, 6.07) is 6.77. The van der Waals surface area contributed by atoms with E-state index in [0.717, 1.165) is 17.7 Å². The van der Waals surface area contributed by atoms with Crippen LogP contribution < -0.4 is 4.83 Å². The average Bonchev–Trinajstić information content (AvgIpc) is 2.85. The topological polar surface area (TPSA) is 58.5 Å². The van der Waals surface area contributed by atoms with Gasteiger partial charge in [-0.1, -0.05) is 43.7 Å². The molecule has 112 valence electrons. The van der Waals surface area contributed by atoms with E-state index in [2.05, 4.69) is 35.9 Å². The van der Waals surface area contributed by atoms with Gasteiger partial charge in [-0.25, -0.2) is 4.83 Å². The maximum atomic E-state index is 12.3. The molecule has 2 aliphatic carbocycles. The van der Waals surface area contributed by atoms with E-state index in [4.69, 9.17) is 0 Å². The van der Waals surface area contributed by atoms with E-state index in [1.165, 1.54) is 0 Å². The van der Waals surface area contributed by atoms with Crippen LogP contribution in [0.15, 0.2) is 46.4 Å². The second-order valence-electron chi connectivity index (χ2n) is 6.42. The molecule has 0 saturated heterocycles. The summed E-state index contributed by atoms with van der Waals surface area (Å²) in [5.41, 5.74) is 1.92.